The maximum atomic E-state index is 11.3. The second-order valence-corrected chi connectivity index (χ2v) is 4.94. The summed E-state index contributed by atoms with van der Waals surface area (Å²) in [6.07, 6.45) is 0. The monoisotopic (exact) mass is 266 g/mol. The molecule has 0 bridgehead atoms. The van der Waals surface area contributed by atoms with E-state index < -0.39 is 0 Å². The van der Waals surface area contributed by atoms with Crippen molar-refractivity contribution in [3.8, 4) is 0 Å². The molecule has 0 saturated heterocycles. The highest BCUT2D eigenvalue weighted by molar-refractivity contribution is 5.73. The zero-order chi connectivity index (χ0) is 14.4. The fourth-order valence-electron chi connectivity index (χ4n) is 2.18. The van der Waals surface area contributed by atoms with E-state index in [1.54, 1.807) is 14.1 Å². The maximum absolute atomic E-state index is 11.3. The Labute approximate surface area is 116 Å². The number of amides is 2. The predicted octanol–water partition coefficient (Wildman–Crippen LogP) is 1.49. The molecule has 1 heterocycles. The van der Waals surface area contributed by atoms with Crippen LogP contribution in [0.25, 0.3) is 0 Å². The Balaban J connectivity index is 2.32. The largest absolute Gasteiger partial charge is 0.349 e. The third-order valence-corrected chi connectivity index (χ3v) is 3.29. The molecule has 0 radical (unpaired) electrons. The first-order valence-electron chi connectivity index (χ1n) is 6.78. The number of nitrogens with zero attached hydrogens (tertiary/aromatic N) is 2. The zero-order valence-corrected chi connectivity index (χ0v) is 12.7. The Morgan fingerprint density at radius 1 is 1.32 bits per heavy atom. The van der Waals surface area contributed by atoms with Gasteiger partial charge in [-0.25, -0.2) is 4.79 Å². The van der Waals surface area contributed by atoms with E-state index in [4.69, 9.17) is 0 Å². The first-order chi connectivity index (χ1) is 8.97. The van der Waals surface area contributed by atoms with Crippen molar-refractivity contribution in [1.29, 1.82) is 0 Å². The van der Waals surface area contributed by atoms with Crippen LogP contribution >= 0.6 is 0 Å². The van der Waals surface area contributed by atoms with Gasteiger partial charge in [-0.3, -0.25) is 0 Å². The van der Waals surface area contributed by atoms with Gasteiger partial charge in [0.25, 0.3) is 0 Å². The van der Waals surface area contributed by atoms with E-state index in [1.165, 1.54) is 21.9 Å². The van der Waals surface area contributed by atoms with Crippen LogP contribution in [-0.2, 0) is 13.1 Å². The van der Waals surface area contributed by atoms with Gasteiger partial charge in [0.15, 0.2) is 0 Å². The summed E-state index contributed by atoms with van der Waals surface area (Å²) >= 11 is 0. The second-order valence-electron chi connectivity index (χ2n) is 4.94. The number of carbonyl (C=O) groups excluding carboxylic acids is 1. The summed E-state index contributed by atoms with van der Waals surface area (Å²) in [5.41, 5.74) is 3.96. The molecule has 0 fully saturated rings. The molecule has 19 heavy (non-hydrogen) atoms. The third kappa shape index (κ3) is 4.28. The van der Waals surface area contributed by atoms with E-state index >= 15 is 0 Å². The summed E-state index contributed by atoms with van der Waals surface area (Å²) in [6, 6.07) is 2.18. The molecule has 5 nitrogen and oxygen atoms in total. The average molecular weight is 266 g/mol. The molecule has 2 N–H and O–H groups in total. The molecule has 0 atom stereocenters. The Bertz CT molecular complexity index is 423. The highest BCUT2D eigenvalue weighted by Crippen LogP contribution is 2.14. The van der Waals surface area contributed by atoms with E-state index in [0.29, 0.717) is 6.54 Å². The van der Waals surface area contributed by atoms with Gasteiger partial charge in [-0.05, 0) is 32.4 Å². The molecule has 0 unspecified atom stereocenters. The van der Waals surface area contributed by atoms with Crippen LogP contribution < -0.4 is 10.6 Å². The van der Waals surface area contributed by atoms with Gasteiger partial charge in [0.2, 0.25) is 0 Å². The van der Waals surface area contributed by atoms with Crippen molar-refractivity contribution in [2.75, 3.05) is 27.2 Å². The molecule has 0 aromatic carbocycles. The first-order valence-corrected chi connectivity index (χ1v) is 6.78. The van der Waals surface area contributed by atoms with Crippen LogP contribution in [0.5, 0.6) is 0 Å². The number of urea groups is 1. The van der Waals surface area contributed by atoms with E-state index in [-0.39, 0.29) is 6.03 Å². The Morgan fingerprint density at radius 3 is 2.53 bits per heavy atom. The van der Waals surface area contributed by atoms with Crippen LogP contribution in [0.1, 0.15) is 23.9 Å². The first kappa shape index (κ1) is 15.6. The summed E-state index contributed by atoms with van der Waals surface area (Å²) in [4.78, 5) is 12.8. The van der Waals surface area contributed by atoms with E-state index in [0.717, 1.165) is 19.6 Å². The Morgan fingerprint density at radius 2 is 2.00 bits per heavy atom. The topological polar surface area (TPSA) is 49.3 Å². The number of nitrogens with one attached hydrogen (secondary N) is 2. The molecule has 0 spiro atoms. The van der Waals surface area contributed by atoms with Crippen molar-refractivity contribution in [2.45, 2.75) is 33.9 Å². The number of aromatic nitrogens is 1. The van der Waals surface area contributed by atoms with Crippen LogP contribution in [-0.4, -0.2) is 42.7 Å². The maximum Gasteiger partial charge on any atom is 0.316 e. The highest BCUT2D eigenvalue weighted by Gasteiger charge is 2.07. The van der Waals surface area contributed by atoms with E-state index in [9.17, 15) is 4.79 Å². The average Bonchev–Trinajstić information content (AvgIpc) is 2.63. The van der Waals surface area contributed by atoms with E-state index in [1.807, 2.05) is 0 Å². The molecule has 108 valence electrons. The number of hydrogen-bond donors (Lipinski definition) is 2. The lowest BCUT2D eigenvalue weighted by molar-refractivity contribution is 0.217. The van der Waals surface area contributed by atoms with Crippen molar-refractivity contribution in [3.05, 3.63) is 23.0 Å². The van der Waals surface area contributed by atoms with Crippen LogP contribution in [0.3, 0.4) is 0 Å². The molecule has 0 aliphatic rings. The minimum atomic E-state index is -0.0500. The minimum Gasteiger partial charge on any atom is -0.349 e. The van der Waals surface area contributed by atoms with Crippen molar-refractivity contribution in [2.24, 2.45) is 0 Å². The van der Waals surface area contributed by atoms with Crippen LogP contribution in [0, 0.1) is 13.8 Å². The lowest BCUT2D eigenvalue weighted by Crippen LogP contribution is -2.38. The van der Waals surface area contributed by atoms with Gasteiger partial charge in [-0.2, -0.15) is 0 Å². The summed E-state index contributed by atoms with van der Waals surface area (Å²) in [6.45, 7) is 9.72. The van der Waals surface area contributed by atoms with Gasteiger partial charge in [0.1, 0.15) is 0 Å². The molecular formula is C14H26N4O. The van der Waals surface area contributed by atoms with Gasteiger partial charge in [-0.1, -0.05) is 0 Å². The highest BCUT2D eigenvalue weighted by atomic mass is 16.2. The fraction of sp³-hybridized carbons (Fsp3) is 0.643. The van der Waals surface area contributed by atoms with E-state index in [2.05, 4.69) is 42.0 Å². The SMILES string of the molecule is CCn1c(C)cc(CNCCNC(=O)N(C)C)c1C. The quantitative estimate of drug-likeness (QED) is 0.766. The molecule has 5 heteroatoms. The smallest absolute Gasteiger partial charge is 0.316 e. The number of hydrogen-bond acceptors (Lipinski definition) is 2. The van der Waals surface area contributed by atoms with Crippen LogP contribution in [0.2, 0.25) is 0 Å². The third-order valence-electron chi connectivity index (χ3n) is 3.29. The zero-order valence-electron chi connectivity index (χ0n) is 12.7. The molecule has 1 aromatic rings. The van der Waals surface area contributed by atoms with Crippen molar-refractivity contribution < 1.29 is 4.79 Å². The second kappa shape index (κ2) is 7.19. The molecule has 0 aliphatic carbocycles. The Hall–Kier alpha value is -1.49. The Kier molecular flexibility index (Phi) is 5.89. The summed E-state index contributed by atoms with van der Waals surface area (Å²) < 4.78 is 2.31. The normalized spacial score (nSPS) is 10.6. The van der Waals surface area contributed by atoms with Crippen molar-refractivity contribution in [3.63, 3.8) is 0 Å². The molecular weight excluding hydrogens is 240 g/mol. The lowest BCUT2D eigenvalue weighted by Gasteiger charge is -2.12. The minimum absolute atomic E-state index is 0.0500. The summed E-state index contributed by atoms with van der Waals surface area (Å²) in [5, 5.41) is 6.18. The van der Waals surface area contributed by atoms with Crippen LogP contribution in [0.4, 0.5) is 4.79 Å². The van der Waals surface area contributed by atoms with Crippen molar-refractivity contribution in [1.82, 2.24) is 20.1 Å². The molecule has 2 amide bonds. The summed E-state index contributed by atoms with van der Waals surface area (Å²) in [5.74, 6) is 0. The molecule has 1 rings (SSSR count). The molecule has 0 aliphatic heterocycles. The van der Waals surface area contributed by atoms with Gasteiger partial charge >= 0.3 is 6.03 Å². The number of rotatable bonds is 6. The number of aryl methyl sites for hydroxylation is 1. The fourth-order valence-corrected chi connectivity index (χ4v) is 2.18. The number of carbonyl (C=O) groups is 1. The predicted molar refractivity (Wildman–Crippen MR) is 78.4 cm³/mol. The van der Waals surface area contributed by atoms with Crippen molar-refractivity contribution >= 4 is 6.03 Å². The standard InChI is InChI=1S/C14H26N4O/c1-6-18-11(2)9-13(12(18)3)10-15-7-8-16-14(19)17(4)5/h9,15H,6-8,10H2,1-5H3,(H,16,19). The molecule has 1 aromatic heterocycles. The van der Waals surface area contributed by atoms with Gasteiger partial charge in [0.05, 0.1) is 0 Å². The lowest BCUT2D eigenvalue weighted by atomic mass is 10.2. The molecule has 0 saturated carbocycles. The van der Waals surface area contributed by atoms with Crippen LogP contribution in [0.15, 0.2) is 6.07 Å². The summed E-state index contributed by atoms with van der Waals surface area (Å²) in [7, 11) is 3.48. The van der Waals surface area contributed by atoms with Gasteiger partial charge in [0, 0.05) is 51.7 Å². The van der Waals surface area contributed by atoms with Gasteiger partial charge in [-0.15, -0.1) is 0 Å². The van der Waals surface area contributed by atoms with Gasteiger partial charge < -0.3 is 20.1 Å².